The number of fused-ring (bicyclic) bond motifs is 1. The summed E-state index contributed by atoms with van der Waals surface area (Å²) in [6.45, 7) is 3.43. The standard InChI is InChI=1S/C22H16Cl2F2N2O/c1-12-4-3-5-15(22(12)26)14-10-19-18(27-11-14)8-9-28(19)29-13(2)20-16(23)6-7-17(25)21(20)24/h3-11,13H,1-2H3. The summed E-state index contributed by atoms with van der Waals surface area (Å²) in [5.74, 6) is -0.864. The van der Waals surface area contributed by atoms with Gasteiger partial charge in [0.25, 0.3) is 0 Å². The Morgan fingerprint density at radius 2 is 1.90 bits per heavy atom. The summed E-state index contributed by atoms with van der Waals surface area (Å²) in [4.78, 5) is 10.4. The van der Waals surface area contributed by atoms with Gasteiger partial charge in [0, 0.05) is 34.1 Å². The van der Waals surface area contributed by atoms with Gasteiger partial charge in [0.05, 0.1) is 10.5 Å². The number of nitrogens with zero attached hydrogens (tertiary/aromatic N) is 2. The van der Waals surface area contributed by atoms with Crippen molar-refractivity contribution >= 4 is 34.2 Å². The Bertz CT molecular complexity index is 1220. The van der Waals surface area contributed by atoms with Crippen LogP contribution in [0.25, 0.3) is 22.2 Å². The third-order valence-corrected chi connectivity index (χ3v) is 5.48. The second-order valence-electron chi connectivity index (χ2n) is 6.71. The number of hydrogen-bond acceptors (Lipinski definition) is 2. The van der Waals surface area contributed by atoms with E-state index in [2.05, 4.69) is 4.98 Å². The summed E-state index contributed by atoms with van der Waals surface area (Å²) >= 11 is 12.3. The van der Waals surface area contributed by atoms with E-state index in [0.29, 0.717) is 38.3 Å². The van der Waals surface area contributed by atoms with Crippen LogP contribution in [0.1, 0.15) is 24.2 Å². The van der Waals surface area contributed by atoms with Gasteiger partial charge in [0.15, 0.2) is 6.10 Å². The highest BCUT2D eigenvalue weighted by molar-refractivity contribution is 6.36. The third-order valence-electron chi connectivity index (χ3n) is 4.76. The van der Waals surface area contributed by atoms with Gasteiger partial charge >= 0.3 is 0 Å². The van der Waals surface area contributed by atoms with Crippen LogP contribution in [0.2, 0.25) is 10.0 Å². The molecule has 0 fully saturated rings. The van der Waals surface area contributed by atoms with Crippen LogP contribution < -0.4 is 4.84 Å². The predicted octanol–water partition coefficient (Wildman–Crippen LogP) is 6.79. The molecule has 148 valence electrons. The average Bonchev–Trinajstić information content (AvgIpc) is 3.09. The van der Waals surface area contributed by atoms with E-state index in [1.54, 1.807) is 56.6 Å². The number of rotatable bonds is 4. The molecule has 0 aliphatic heterocycles. The first-order valence-corrected chi connectivity index (χ1v) is 9.65. The van der Waals surface area contributed by atoms with E-state index < -0.39 is 11.9 Å². The summed E-state index contributed by atoms with van der Waals surface area (Å²) in [5, 5.41) is 0.225. The number of halogens is 4. The van der Waals surface area contributed by atoms with Gasteiger partial charge in [-0.25, -0.2) is 8.78 Å². The van der Waals surface area contributed by atoms with Crippen LogP contribution in [0, 0.1) is 18.6 Å². The second-order valence-corrected chi connectivity index (χ2v) is 7.50. The molecule has 1 atom stereocenters. The molecule has 0 bridgehead atoms. The Balaban J connectivity index is 1.74. The van der Waals surface area contributed by atoms with Crippen LogP contribution in [0.15, 0.2) is 54.9 Å². The molecule has 0 N–H and O–H groups in total. The van der Waals surface area contributed by atoms with Crippen molar-refractivity contribution in [2.45, 2.75) is 20.0 Å². The predicted molar refractivity (Wildman–Crippen MR) is 111 cm³/mol. The van der Waals surface area contributed by atoms with E-state index >= 15 is 0 Å². The molecular formula is C22H16Cl2F2N2O. The fourth-order valence-electron chi connectivity index (χ4n) is 3.24. The smallest absolute Gasteiger partial charge is 0.150 e. The first-order chi connectivity index (χ1) is 13.9. The van der Waals surface area contributed by atoms with Crippen LogP contribution in [0.5, 0.6) is 0 Å². The minimum Gasteiger partial charge on any atom is -0.406 e. The van der Waals surface area contributed by atoms with E-state index in [4.69, 9.17) is 28.0 Å². The van der Waals surface area contributed by atoms with E-state index in [-0.39, 0.29) is 10.8 Å². The van der Waals surface area contributed by atoms with Crippen molar-refractivity contribution in [3.8, 4) is 11.1 Å². The highest BCUT2D eigenvalue weighted by Crippen LogP contribution is 2.34. The Hall–Kier alpha value is -2.63. The summed E-state index contributed by atoms with van der Waals surface area (Å²) in [6.07, 6.45) is 2.67. The van der Waals surface area contributed by atoms with Crippen molar-refractivity contribution in [3.63, 3.8) is 0 Å². The Morgan fingerprint density at radius 3 is 2.69 bits per heavy atom. The van der Waals surface area contributed by atoms with E-state index in [1.807, 2.05) is 0 Å². The van der Waals surface area contributed by atoms with Crippen molar-refractivity contribution in [2.75, 3.05) is 0 Å². The molecule has 0 aliphatic rings. The lowest BCUT2D eigenvalue weighted by Crippen LogP contribution is -2.16. The van der Waals surface area contributed by atoms with Gasteiger partial charge in [-0.1, -0.05) is 41.4 Å². The Kier molecular flexibility index (Phi) is 5.19. The van der Waals surface area contributed by atoms with Crippen molar-refractivity contribution < 1.29 is 13.6 Å². The van der Waals surface area contributed by atoms with Crippen LogP contribution in [-0.2, 0) is 0 Å². The zero-order chi connectivity index (χ0) is 20.7. The van der Waals surface area contributed by atoms with Gasteiger partial charge in [-0.05, 0) is 43.7 Å². The van der Waals surface area contributed by atoms with Crippen LogP contribution in [0.3, 0.4) is 0 Å². The summed E-state index contributed by atoms with van der Waals surface area (Å²) < 4.78 is 29.9. The maximum atomic E-state index is 14.5. The number of benzene rings is 2. The molecule has 1 unspecified atom stereocenters. The summed E-state index contributed by atoms with van der Waals surface area (Å²) in [5.41, 5.74) is 3.29. The Morgan fingerprint density at radius 1 is 1.10 bits per heavy atom. The van der Waals surface area contributed by atoms with Crippen LogP contribution >= 0.6 is 23.2 Å². The Labute approximate surface area is 176 Å². The monoisotopic (exact) mass is 432 g/mol. The molecule has 29 heavy (non-hydrogen) atoms. The molecule has 2 aromatic carbocycles. The normalized spacial score (nSPS) is 12.3. The maximum absolute atomic E-state index is 14.5. The first kappa shape index (κ1) is 19.7. The molecule has 3 nitrogen and oxygen atoms in total. The number of hydrogen-bond donors (Lipinski definition) is 0. The minimum atomic E-state index is -0.638. The SMILES string of the molecule is Cc1cccc(-c2cnc3ccn(OC(C)c4c(Cl)ccc(F)c4Cl)c3c2)c1F. The van der Waals surface area contributed by atoms with Crippen molar-refractivity contribution in [1.82, 2.24) is 9.71 Å². The first-order valence-electron chi connectivity index (χ1n) is 8.90. The maximum Gasteiger partial charge on any atom is 0.150 e. The molecular weight excluding hydrogens is 417 g/mol. The van der Waals surface area contributed by atoms with E-state index in [1.165, 1.54) is 16.9 Å². The second kappa shape index (κ2) is 7.65. The fraction of sp³-hybridized carbons (Fsp3) is 0.136. The van der Waals surface area contributed by atoms with Gasteiger partial charge in [-0.2, -0.15) is 4.73 Å². The molecule has 2 aromatic heterocycles. The lowest BCUT2D eigenvalue weighted by Gasteiger charge is -2.19. The zero-order valence-corrected chi connectivity index (χ0v) is 17.1. The number of aromatic nitrogens is 2. The largest absolute Gasteiger partial charge is 0.406 e. The highest BCUT2D eigenvalue weighted by atomic mass is 35.5. The molecule has 0 aliphatic carbocycles. The van der Waals surface area contributed by atoms with E-state index in [0.717, 1.165) is 0 Å². The molecule has 7 heteroatoms. The molecule has 4 rings (SSSR count). The molecule has 0 saturated carbocycles. The topological polar surface area (TPSA) is 27.1 Å². The van der Waals surface area contributed by atoms with Crippen molar-refractivity contribution in [1.29, 1.82) is 0 Å². The molecule has 2 heterocycles. The van der Waals surface area contributed by atoms with E-state index in [9.17, 15) is 8.78 Å². The molecule has 0 saturated heterocycles. The molecule has 0 spiro atoms. The third kappa shape index (κ3) is 3.56. The highest BCUT2D eigenvalue weighted by Gasteiger charge is 2.20. The minimum absolute atomic E-state index is 0.0814. The van der Waals surface area contributed by atoms with Crippen LogP contribution in [-0.4, -0.2) is 9.71 Å². The van der Waals surface area contributed by atoms with Crippen molar-refractivity contribution in [3.05, 3.63) is 87.7 Å². The zero-order valence-electron chi connectivity index (χ0n) is 15.6. The summed E-state index contributed by atoms with van der Waals surface area (Å²) in [7, 11) is 0. The quantitative estimate of drug-likeness (QED) is 0.332. The van der Waals surface area contributed by atoms with Crippen molar-refractivity contribution in [2.24, 2.45) is 0 Å². The lowest BCUT2D eigenvalue weighted by atomic mass is 10.0. The lowest BCUT2D eigenvalue weighted by molar-refractivity contribution is 0.0562. The molecule has 0 amide bonds. The van der Waals surface area contributed by atoms with Gasteiger partial charge < -0.3 is 4.84 Å². The van der Waals surface area contributed by atoms with Gasteiger partial charge in [-0.3, -0.25) is 4.98 Å². The van der Waals surface area contributed by atoms with Gasteiger partial charge in [0.2, 0.25) is 0 Å². The number of aryl methyl sites for hydroxylation is 1. The van der Waals surface area contributed by atoms with Gasteiger partial charge in [-0.15, -0.1) is 0 Å². The van der Waals surface area contributed by atoms with Gasteiger partial charge in [0.1, 0.15) is 17.2 Å². The fourth-order valence-corrected chi connectivity index (χ4v) is 3.91. The summed E-state index contributed by atoms with van der Waals surface area (Å²) in [6, 6.07) is 11.4. The average molecular weight is 433 g/mol. The molecule has 4 aromatic rings. The number of pyridine rings is 1. The molecule has 0 radical (unpaired) electrons. The van der Waals surface area contributed by atoms with Crippen LogP contribution in [0.4, 0.5) is 8.78 Å².